The quantitative estimate of drug-likeness (QED) is 0.814. The van der Waals surface area contributed by atoms with Gasteiger partial charge in [-0.1, -0.05) is 19.8 Å². The Morgan fingerprint density at radius 1 is 1.44 bits per heavy atom. The van der Waals surface area contributed by atoms with Gasteiger partial charge in [-0.2, -0.15) is 0 Å². The average Bonchev–Trinajstić information content (AvgIpc) is 2.89. The molecular formula is C14H26N2O2. The topological polar surface area (TPSA) is 41.6 Å². The highest BCUT2D eigenvalue weighted by atomic mass is 16.5. The monoisotopic (exact) mass is 254 g/mol. The summed E-state index contributed by atoms with van der Waals surface area (Å²) in [5, 5.41) is 3.57. The van der Waals surface area contributed by atoms with Gasteiger partial charge in [0.1, 0.15) is 0 Å². The third kappa shape index (κ3) is 2.54. The zero-order chi connectivity index (χ0) is 13.2. The summed E-state index contributed by atoms with van der Waals surface area (Å²) in [6.07, 6.45) is 5.75. The van der Waals surface area contributed by atoms with Crippen LogP contribution in [0.15, 0.2) is 0 Å². The molecule has 1 unspecified atom stereocenters. The van der Waals surface area contributed by atoms with Crippen LogP contribution in [-0.2, 0) is 9.53 Å². The van der Waals surface area contributed by atoms with Crippen LogP contribution in [0.4, 0.5) is 0 Å². The van der Waals surface area contributed by atoms with Crippen molar-refractivity contribution in [3.63, 3.8) is 0 Å². The highest BCUT2D eigenvalue weighted by molar-refractivity contribution is 5.89. The summed E-state index contributed by atoms with van der Waals surface area (Å²) in [6.45, 7) is 7.54. The number of amides is 1. The van der Waals surface area contributed by atoms with E-state index in [1.807, 2.05) is 18.7 Å². The Hall–Kier alpha value is -0.610. The first kappa shape index (κ1) is 13.8. The number of carbonyl (C=O) groups is 1. The zero-order valence-corrected chi connectivity index (χ0v) is 11.9. The molecule has 2 fully saturated rings. The molecular weight excluding hydrogens is 228 g/mol. The fourth-order valence-corrected chi connectivity index (χ4v) is 3.18. The number of hydrogen-bond donors (Lipinski definition) is 1. The van der Waals surface area contributed by atoms with E-state index in [9.17, 15) is 4.79 Å². The van der Waals surface area contributed by atoms with Gasteiger partial charge in [-0.3, -0.25) is 10.1 Å². The average molecular weight is 254 g/mol. The lowest BCUT2D eigenvalue weighted by atomic mass is 9.98. The van der Waals surface area contributed by atoms with Crippen molar-refractivity contribution in [2.24, 2.45) is 0 Å². The second-order valence-electron chi connectivity index (χ2n) is 5.78. The van der Waals surface area contributed by atoms with Crippen LogP contribution in [0.25, 0.3) is 0 Å². The summed E-state index contributed by atoms with van der Waals surface area (Å²) in [4.78, 5) is 14.6. The number of hydrogen-bond acceptors (Lipinski definition) is 3. The Morgan fingerprint density at radius 2 is 2.11 bits per heavy atom. The summed E-state index contributed by atoms with van der Waals surface area (Å²) in [5.74, 6) is 0.305. The molecule has 1 N–H and O–H groups in total. The van der Waals surface area contributed by atoms with Crippen LogP contribution in [0.5, 0.6) is 0 Å². The molecule has 1 amide bonds. The summed E-state index contributed by atoms with van der Waals surface area (Å²) < 4.78 is 5.57. The van der Waals surface area contributed by atoms with Crippen molar-refractivity contribution in [1.29, 1.82) is 0 Å². The van der Waals surface area contributed by atoms with E-state index >= 15 is 0 Å². The molecule has 1 spiro atoms. The molecule has 18 heavy (non-hydrogen) atoms. The van der Waals surface area contributed by atoms with Gasteiger partial charge >= 0.3 is 0 Å². The van der Waals surface area contributed by atoms with Gasteiger partial charge < -0.3 is 9.64 Å². The summed E-state index contributed by atoms with van der Waals surface area (Å²) in [7, 11) is 0. The van der Waals surface area contributed by atoms with E-state index in [-0.39, 0.29) is 17.8 Å². The third-order valence-corrected chi connectivity index (χ3v) is 4.12. The highest BCUT2D eigenvalue weighted by Crippen LogP contribution is 2.36. The molecule has 1 atom stereocenters. The predicted octanol–water partition coefficient (Wildman–Crippen LogP) is 1.89. The maximum absolute atomic E-state index is 12.6. The minimum Gasteiger partial charge on any atom is -0.377 e. The van der Waals surface area contributed by atoms with Gasteiger partial charge in [0, 0.05) is 6.54 Å². The van der Waals surface area contributed by atoms with Gasteiger partial charge in [0.15, 0.2) is 0 Å². The van der Waals surface area contributed by atoms with E-state index < -0.39 is 0 Å². The number of carbonyl (C=O) groups excluding carboxylic acids is 1. The van der Waals surface area contributed by atoms with Gasteiger partial charge in [-0.25, -0.2) is 0 Å². The van der Waals surface area contributed by atoms with E-state index in [4.69, 9.17) is 4.74 Å². The number of nitrogens with zero attached hydrogens (tertiary/aromatic N) is 1. The SMILES string of the molecule is CCC1NC2(CCCC2)C(=O)N1CCOC(C)C. The van der Waals surface area contributed by atoms with Gasteiger partial charge in [0.05, 0.1) is 24.4 Å². The number of nitrogens with one attached hydrogen (secondary N) is 1. The number of ether oxygens (including phenoxy) is 1. The lowest BCUT2D eigenvalue weighted by Crippen LogP contribution is -2.44. The van der Waals surface area contributed by atoms with Crippen LogP contribution >= 0.6 is 0 Å². The van der Waals surface area contributed by atoms with Crippen molar-refractivity contribution < 1.29 is 9.53 Å². The standard InChI is InChI=1S/C14H26N2O2/c1-4-12-15-14(7-5-6-8-14)13(17)16(12)9-10-18-11(2)3/h11-12,15H,4-10H2,1-3H3. The van der Waals surface area contributed by atoms with Crippen molar-refractivity contribution >= 4 is 5.91 Å². The van der Waals surface area contributed by atoms with E-state index in [2.05, 4.69) is 12.2 Å². The Bertz CT molecular complexity index is 298. The van der Waals surface area contributed by atoms with Crippen molar-refractivity contribution in [1.82, 2.24) is 10.2 Å². The van der Waals surface area contributed by atoms with E-state index in [1.165, 1.54) is 12.8 Å². The molecule has 2 rings (SSSR count). The molecule has 0 radical (unpaired) electrons. The van der Waals surface area contributed by atoms with E-state index in [1.54, 1.807) is 0 Å². The first-order valence-electron chi connectivity index (χ1n) is 7.29. The van der Waals surface area contributed by atoms with Crippen molar-refractivity contribution in [2.75, 3.05) is 13.2 Å². The van der Waals surface area contributed by atoms with Crippen LogP contribution in [0, 0.1) is 0 Å². The van der Waals surface area contributed by atoms with Gasteiger partial charge in [0.2, 0.25) is 5.91 Å². The smallest absolute Gasteiger partial charge is 0.244 e. The molecule has 1 aliphatic carbocycles. The summed E-state index contributed by atoms with van der Waals surface area (Å²) >= 11 is 0. The first-order valence-corrected chi connectivity index (χ1v) is 7.29. The van der Waals surface area contributed by atoms with E-state index in [0.29, 0.717) is 19.1 Å². The summed E-state index contributed by atoms with van der Waals surface area (Å²) in [5.41, 5.74) is -0.238. The molecule has 2 aliphatic rings. The Kier molecular flexibility index (Phi) is 4.28. The molecule has 0 aromatic heterocycles. The van der Waals surface area contributed by atoms with Crippen molar-refractivity contribution in [2.45, 2.75) is 70.7 Å². The zero-order valence-electron chi connectivity index (χ0n) is 11.9. The van der Waals surface area contributed by atoms with Crippen LogP contribution in [0.1, 0.15) is 52.9 Å². The van der Waals surface area contributed by atoms with Gasteiger partial charge in [-0.05, 0) is 33.1 Å². The Morgan fingerprint density at radius 3 is 2.67 bits per heavy atom. The normalized spacial score (nSPS) is 26.8. The Labute approximate surface area is 110 Å². The molecule has 1 aliphatic heterocycles. The number of rotatable bonds is 5. The van der Waals surface area contributed by atoms with Crippen LogP contribution in [0.3, 0.4) is 0 Å². The van der Waals surface area contributed by atoms with Gasteiger partial charge in [-0.15, -0.1) is 0 Å². The molecule has 4 heteroatoms. The fraction of sp³-hybridized carbons (Fsp3) is 0.929. The predicted molar refractivity (Wildman–Crippen MR) is 71.2 cm³/mol. The molecule has 0 aromatic carbocycles. The maximum atomic E-state index is 12.6. The Balaban J connectivity index is 1.97. The van der Waals surface area contributed by atoms with E-state index in [0.717, 1.165) is 19.3 Å². The molecule has 1 saturated heterocycles. The minimum atomic E-state index is -0.238. The molecule has 1 saturated carbocycles. The lowest BCUT2D eigenvalue weighted by Gasteiger charge is -2.23. The molecule has 0 bridgehead atoms. The summed E-state index contributed by atoms with van der Waals surface area (Å²) in [6, 6.07) is 0. The van der Waals surface area contributed by atoms with Crippen molar-refractivity contribution in [3.8, 4) is 0 Å². The third-order valence-electron chi connectivity index (χ3n) is 4.12. The molecule has 4 nitrogen and oxygen atoms in total. The van der Waals surface area contributed by atoms with Crippen molar-refractivity contribution in [3.05, 3.63) is 0 Å². The minimum absolute atomic E-state index is 0.200. The van der Waals surface area contributed by atoms with Crippen LogP contribution in [0.2, 0.25) is 0 Å². The molecule has 104 valence electrons. The first-order chi connectivity index (χ1) is 8.59. The highest BCUT2D eigenvalue weighted by Gasteiger charge is 2.51. The second-order valence-corrected chi connectivity index (χ2v) is 5.78. The molecule has 1 heterocycles. The molecule has 0 aromatic rings. The van der Waals surface area contributed by atoms with Crippen LogP contribution < -0.4 is 5.32 Å². The fourth-order valence-electron chi connectivity index (χ4n) is 3.18. The lowest BCUT2D eigenvalue weighted by molar-refractivity contribution is -0.134. The largest absolute Gasteiger partial charge is 0.377 e. The second kappa shape index (κ2) is 5.57. The van der Waals surface area contributed by atoms with Crippen LogP contribution in [-0.4, -0.2) is 41.8 Å². The van der Waals surface area contributed by atoms with Gasteiger partial charge in [0.25, 0.3) is 0 Å². The maximum Gasteiger partial charge on any atom is 0.244 e.